The van der Waals surface area contributed by atoms with Gasteiger partial charge in [0.05, 0.1) is 18.0 Å². The second kappa shape index (κ2) is 8.04. The van der Waals surface area contributed by atoms with E-state index in [-0.39, 0.29) is 37.2 Å². The number of nitrogens with zero attached hydrogens (tertiary/aromatic N) is 3. The van der Waals surface area contributed by atoms with E-state index < -0.39 is 11.7 Å². The van der Waals surface area contributed by atoms with Gasteiger partial charge < -0.3 is 14.8 Å². The second-order valence-electron chi connectivity index (χ2n) is 6.94. The summed E-state index contributed by atoms with van der Waals surface area (Å²) in [5.41, 5.74) is -0.361. The predicted octanol–water partition coefficient (Wildman–Crippen LogP) is 2.83. The Morgan fingerprint density at radius 3 is 2.86 bits per heavy atom. The van der Waals surface area contributed by atoms with E-state index in [9.17, 15) is 22.8 Å². The van der Waals surface area contributed by atoms with Crippen molar-refractivity contribution in [1.82, 2.24) is 19.8 Å². The highest BCUT2D eigenvalue weighted by atomic mass is 19.4. The number of likely N-dealkylation sites (tertiary alicyclic amines) is 1. The lowest BCUT2D eigenvalue weighted by atomic mass is 9.95. The van der Waals surface area contributed by atoms with E-state index in [0.717, 1.165) is 12.1 Å². The Hall–Kier alpha value is -2.84. The molecular formula is C19H21F3N4O2. The summed E-state index contributed by atoms with van der Waals surface area (Å²) in [6, 6.07) is 4.92. The van der Waals surface area contributed by atoms with Gasteiger partial charge in [-0.1, -0.05) is 12.1 Å². The van der Waals surface area contributed by atoms with E-state index in [1.807, 2.05) is 0 Å². The minimum absolute atomic E-state index is 0.0500. The Labute approximate surface area is 160 Å². The van der Waals surface area contributed by atoms with Gasteiger partial charge in [-0.15, -0.1) is 0 Å². The van der Waals surface area contributed by atoms with Crippen LogP contribution in [-0.4, -0.2) is 45.2 Å². The molecule has 1 N–H and O–H groups in total. The molecule has 0 unspecified atom stereocenters. The molecule has 1 aromatic heterocycles. The van der Waals surface area contributed by atoms with Crippen LogP contribution in [0.1, 0.15) is 29.8 Å². The number of piperidine rings is 1. The summed E-state index contributed by atoms with van der Waals surface area (Å²) >= 11 is 0. The Bertz CT molecular complexity index is 836. The van der Waals surface area contributed by atoms with Crippen LogP contribution in [0.25, 0.3) is 0 Å². The average Bonchev–Trinajstić information content (AvgIpc) is 3.15. The van der Waals surface area contributed by atoms with Crippen molar-refractivity contribution in [2.24, 2.45) is 5.92 Å². The first kappa shape index (κ1) is 19.9. The van der Waals surface area contributed by atoms with Crippen LogP contribution in [0.3, 0.4) is 0 Å². The van der Waals surface area contributed by atoms with Gasteiger partial charge in [0.1, 0.15) is 5.82 Å². The molecule has 0 spiro atoms. The third kappa shape index (κ3) is 4.71. The van der Waals surface area contributed by atoms with Crippen molar-refractivity contribution in [2.75, 3.05) is 13.6 Å². The quantitative estimate of drug-likeness (QED) is 0.848. The van der Waals surface area contributed by atoms with Crippen molar-refractivity contribution < 1.29 is 22.8 Å². The zero-order valence-electron chi connectivity index (χ0n) is 15.4. The number of aromatic nitrogens is 2. The minimum Gasteiger partial charge on any atom is -0.347 e. The first-order valence-electron chi connectivity index (χ1n) is 8.91. The van der Waals surface area contributed by atoms with Crippen LogP contribution in [0, 0.1) is 5.92 Å². The van der Waals surface area contributed by atoms with E-state index in [2.05, 4.69) is 9.97 Å². The number of imidazole rings is 1. The standard InChI is InChI=1S/C19H21F3N4O2/c1-25(12-16-23-7-8-24-16)18(28)14-5-6-17(27)26(11-14)10-13-3-2-4-15(9-13)19(20,21)22/h2-4,7-9,14H,5-6,10-12H2,1H3,(H,23,24)/t14-/m0/s1. The lowest BCUT2D eigenvalue weighted by molar-refractivity contribution is -0.143. The first-order chi connectivity index (χ1) is 13.2. The minimum atomic E-state index is -4.44. The monoisotopic (exact) mass is 394 g/mol. The Kier molecular flexibility index (Phi) is 5.71. The van der Waals surface area contributed by atoms with E-state index in [1.165, 1.54) is 11.0 Å². The maximum Gasteiger partial charge on any atom is 0.416 e. The fourth-order valence-electron chi connectivity index (χ4n) is 3.33. The number of H-pyrrole nitrogens is 1. The van der Waals surface area contributed by atoms with Crippen LogP contribution >= 0.6 is 0 Å². The van der Waals surface area contributed by atoms with Crippen molar-refractivity contribution in [3.8, 4) is 0 Å². The number of halogens is 3. The Morgan fingerprint density at radius 1 is 1.39 bits per heavy atom. The number of carbonyl (C=O) groups excluding carboxylic acids is 2. The molecule has 150 valence electrons. The number of aromatic amines is 1. The van der Waals surface area contributed by atoms with Gasteiger partial charge in [0.2, 0.25) is 11.8 Å². The molecule has 0 bridgehead atoms. The molecule has 1 aliphatic heterocycles. The molecule has 0 radical (unpaired) electrons. The lowest BCUT2D eigenvalue weighted by Gasteiger charge is -2.34. The molecule has 0 aliphatic carbocycles. The van der Waals surface area contributed by atoms with Crippen LogP contribution < -0.4 is 0 Å². The van der Waals surface area contributed by atoms with E-state index in [0.29, 0.717) is 24.4 Å². The number of hydrogen-bond acceptors (Lipinski definition) is 3. The van der Waals surface area contributed by atoms with Gasteiger partial charge in [0.25, 0.3) is 0 Å². The van der Waals surface area contributed by atoms with Crippen molar-refractivity contribution in [2.45, 2.75) is 32.1 Å². The number of rotatable bonds is 5. The number of benzene rings is 1. The van der Waals surface area contributed by atoms with Crippen molar-refractivity contribution in [1.29, 1.82) is 0 Å². The maximum atomic E-state index is 12.9. The lowest BCUT2D eigenvalue weighted by Crippen LogP contribution is -2.45. The van der Waals surface area contributed by atoms with E-state index in [4.69, 9.17) is 0 Å². The van der Waals surface area contributed by atoms with E-state index >= 15 is 0 Å². The fraction of sp³-hybridized carbons (Fsp3) is 0.421. The second-order valence-corrected chi connectivity index (χ2v) is 6.94. The molecule has 3 rings (SSSR count). The van der Waals surface area contributed by atoms with Crippen molar-refractivity contribution in [3.63, 3.8) is 0 Å². The van der Waals surface area contributed by atoms with Crippen molar-refractivity contribution in [3.05, 3.63) is 53.6 Å². The van der Waals surface area contributed by atoms with Gasteiger partial charge in [-0.2, -0.15) is 13.2 Å². The molecule has 2 amide bonds. The summed E-state index contributed by atoms with van der Waals surface area (Å²) < 4.78 is 38.7. The molecular weight excluding hydrogens is 373 g/mol. The third-order valence-electron chi connectivity index (χ3n) is 4.80. The molecule has 0 saturated carbocycles. The molecule has 1 saturated heterocycles. The van der Waals surface area contributed by atoms with Crippen molar-refractivity contribution >= 4 is 11.8 Å². The molecule has 2 aromatic rings. The SMILES string of the molecule is CN(Cc1ncc[nH]1)C(=O)[C@H]1CCC(=O)N(Cc2cccc(C(F)(F)F)c2)C1. The molecule has 1 aliphatic rings. The van der Waals surface area contributed by atoms with Crippen LogP contribution in [-0.2, 0) is 28.9 Å². The highest BCUT2D eigenvalue weighted by molar-refractivity contribution is 5.83. The van der Waals surface area contributed by atoms with Gasteiger partial charge in [-0.3, -0.25) is 9.59 Å². The number of carbonyl (C=O) groups is 2. The first-order valence-corrected chi connectivity index (χ1v) is 8.91. The summed E-state index contributed by atoms with van der Waals surface area (Å²) in [5, 5.41) is 0. The zero-order valence-corrected chi connectivity index (χ0v) is 15.4. The zero-order chi connectivity index (χ0) is 20.3. The molecule has 9 heteroatoms. The highest BCUT2D eigenvalue weighted by Gasteiger charge is 2.33. The summed E-state index contributed by atoms with van der Waals surface area (Å²) in [5.74, 6) is 0.000102. The molecule has 1 atom stereocenters. The molecule has 1 fully saturated rings. The normalized spacial score (nSPS) is 17.6. The predicted molar refractivity (Wildman–Crippen MR) is 94.6 cm³/mol. The smallest absolute Gasteiger partial charge is 0.347 e. The third-order valence-corrected chi connectivity index (χ3v) is 4.80. The van der Waals surface area contributed by atoms with E-state index in [1.54, 1.807) is 30.4 Å². The molecule has 2 heterocycles. The Morgan fingerprint density at radius 2 is 2.18 bits per heavy atom. The Balaban J connectivity index is 1.66. The van der Waals surface area contributed by atoms with Crippen LogP contribution in [0.2, 0.25) is 0 Å². The van der Waals surface area contributed by atoms with Gasteiger partial charge >= 0.3 is 6.18 Å². The fourth-order valence-corrected chi connectivity index (χ4v) is 3.33. The van der Waals surface area contributed by atoms with Crippen LogP contribution in [0.4, 0.5) is 13.2 Å². The van der Waals surface area contributed by atoms with Crippen LogP contribution in [0.15, 0.2) is 36.7 Å². The molecule has 6 nitrogen and oxygen atoms in total. The molecule has 1 aromatic carbocycles. The number of nitrogens with one attached hydrogen (secondary N) is 1. The number of hydrogen-bond donors (Lipinski definition) is 1. The largest absolute Gasteiger partial charge is 0.416 e. The highest BCUT2D eigenvalue weighted by Crippen LogP contribution is 2.30. The summed E-state index contributed by atoms with van der Waals surface area (Å²) in [6.45, 7) is 0.564. The number of amides is 2. The van der Waals surface area contributed by atoms with Gasteiger partial charge in [0.15, 0.2) is 0 Å². The van der Waals surface area contributed by atoms with Gasteiger partial charge in [-0.05, 0) is 24.1 Å². The maximum absolute atomic E-state index is 12.9. The van der Waals surface area contributed by atoms with Gasteiger partial charge in [-0.25, -0.2) is 4.98 Å². The average molecular weight is 394 g/mol. The summed E-state index contributed by atoms with van der Waals surface area (Å²) in [7, 11) is 1.67. The van der Waals surface area contributed by atoms with Gasteiger partial charge in [0, 0.05) is 39.0 Å². The summed E-state index contributed by atoms with van der Waals surface area (Å²) in [4.78, 5) is 35.0. The summed E-state index contributed by atoms with van der Waals surface area (Å²) in [6.07, 6.45) is -0.536. The number of alkyl halides is 3. The molecule has 28 heavy (non-hydrogen) atoms. The topological polar surface area (TPSA) is 69.3 Å². The van der Waals surface area contributed by atoms with Crippen LogP contribution in [0.5, 0.6) is 0 Å².